The van der Waals surface area contributed by atoms with Crippen LogP contribution in [0, 0.1) is 0 Å². The number of anilines is 1. The maximum absolute atomic E-state index is 5.96. The van der Waals surface area contributed by atoms with Gasteiger partial charge in [-0.3, -0.25) is 0 Å². The van der Waals surface area contributed by atoms with E-state index in [0.29, 0.717) is 5.92 Å². The topological polar surface area (TPSA) is 69.1 Å². The Labute approximate surface area is 118 Å². The van der Waals surface area contributed by atoms with Crippen LogP contribution in [0.15, 0.2) is 11.4 Å². The molecule has 0 unspecified atom stereocenters. The Bertz CT molecular complexity index is 719. The molecule has 0 amide bonds. The Kier molecular flexibility index (Phi) is 2.56. The lowest BCUT2D eigenvalue weighted by Gasteiger charge is -2.03. The van der Waals surface area contributed by atoms with E-state index in [4.69, 9.17) is 5.73 Å². The number of nitrogen functional groups attached to an aromatic ring is 1. The van der Waals surface area contributed by atoms with Crippen LogP contribution in [-0.2, 0) is 0 Å². The van der Waals surface area contributed by atoms with Gasteiger partial charge in [-0.2, -0.15) is 9.61 Å². The summed E-state index contributed by atoms with van der Waals surface area (Å²) in [6.07, 6.45) is 4.98. The summed E-state index contributed by atoms with van der Waals surface area (Å²) < 4.78 is 1.91. The molecule has 1 aliphatic rings. The van der Waals surface area contributed by atoms with Crippen molar-refractivity contribution in [3.63, 3.8) is 0 Å². The minimum Gasteiger partial charge on any atom is -0.390 e. The highest BCUT2D eigenvalue weighted by molar-refractivity contribution is 7.20. The molecule has 7 heteroatoms. The third-order valence-corrected chi connectivity index (χ3v) is 5.34. The van der Waals surface area contributed by atoms with Crippen molar-refractivity contribution >= 4 is 32.6 Å². The molecule has 0 atom stereocenters. The number of hydrogen-bond acceptors (Lipinski definition) is 6. The molecule has 5 nitrogen and oxygen atoms in total. The largest absolute Gasteiger partial charge is 0.390 e. The zero-order valence-corrected chi connectivity index (χ0v) is 11.9. The van der Waals surface area contributed by atoms with Crippen molar-refractivity contribution in [2.75, 3.05) is 5.73 Å². The molecule has 1 saturated carbocycles. The van der Waals surface area contributed by atoms with Crippen LogP contribution in [0.1, 0.15) is 37.4 Å². The van der Waals surface area contributed by atoms with Gasteiger partial charge in [-0.1, -0.05) is 24.2 Å². The highest BCUT2D eigenvalue weighted by atomic mass is 32.1. The first-order chi connectivity index (χ1) is 9.33. The minimum atomic E-state index is 0.518. The van der Waals surface area contributed by atoms with E-state index in [1.807, 2.05) is 16.0 Å². The number of rotatable bonds is 2. The summed E-state index contributed by atoms with van der Waals surface area (Å²) in [5.41, 5.74) is 6.98. The average Bonchev–Trinajstić information content (AvgIpc) is 3.10. The molecule has 98 valence electrons. The second-order valence-electron chi connectivity index (χ2n) is 4.84. The zero-order valence-electron chi connectivity index (χ0n) is 10.2. The molecular formula is C12H13N5S2. The van der Waals surface area contributed by atoms with E-state index in [1.54, 1.807) is 22.7 Å². The molecule has 4 rings (SSSR count). The van der Waals surface area contributed by atoms with Gasteiger partial charge in [-0.15, -0.1) is 21.5 Å². The van der Waals surface area contributed by atoms with Crippen molar-refractivity contribution in [1.29, 1.82) is 0 Å². The first-order valence-corrected chi connectivity index (χ1v) is 8.08. The van der Waals surface area contributed by atoms with Crippen molar-refractivity contribution in [2.24, 2.45) is 0 Å². The Morgan fingerprint density at radius 1 is 1.26 bits per heavy atom. The van der Waals surface area contributed by atoms with E-state index < -0.39 is 0 Å². The first kappa shape index (κ1) is 11.4. The Morgan fingerprint density at radius 2 is 2.11 bits per heavy atom. The van der Waals surface area contributed by atoms with E-state index >= 15 is 0 Å². The molecule has 0 bridgehead atoms. The van der Waals surface area contributed by atoms with E-state index in [9.17, 15) is 0 Å². The van der Waals surface area contributed by atoms with Gasteiger partial charge in [0.15, 0.2) is 10.8 Å². The lowest BCUT2D eigenvalue weighted by Crippen LogP contribution is -2.01. The maximum Gasteiger partial charge on any atom is 0.234 e. The molecule has 3 aromatic heterocycles. The molecule has 2 N–H and O–H groups in total. The normalized spacial score (nSPS) is 16.6. The van der Waals surface area contributed by atoms with Crippen molar-refractivity contribution in [2.45, 2.75) is 31.6 Å². The standard InChI is InChI=1S/C12H13N5S2/c13-9-8(5-6-18-9)11-16-17-10(7-3-1-2-4-7)14-15-12(17)19-11/h5-7H,1-4,13H2. The van der Waals surface area contributed by atoms with Gasteiger partial charge < -0.3 is 5.73 Å². The van der Waals surface area contributed by atoms with Gasteiger partial charge in [0, 0.05) is 11.5 Å². The lowest BCUT2D eigenvalue weighted by atomic mass is 10.1. The lowest BCUT2D eigenvalue weighted by molar-refractivity contribution is 0.641. The molecule has 3 heterocycles. The van der Waals surface area contributed by atoms with Crippen LogP contribution in [0.5, 0.6) is 0 Å². The Balaban J connectivity index is 1.82. The van der Waals surface area contributed by atoms with Crippen LogP contribution in [0.25, 0.3) is 15.5 Å². The van der Waals surface area contributed by atoms with Gasteiger partial charge in [0.1, 0.15) is 0 Å². The number of fused-ring (bicyclic) bond motifs is 1. The molecule has 3 aromatic rings. The first-order valence-electron chi connectivity index (χ1n) is 6.38. The third kappa shape index (κ3) is 1.76. The van der Waals surface area contributed by atoms with Crippen LogP contribution >= 0.6 is 22.7 Å². The van der Waals surface area contributed by atoms with E-state index in [0.717, 1.165) is 26.4 Å². The summed E-state index contributed by atoms with van der Waals surface area (Å²) in [5, 5.41) is 17.0. The fourth-order valence-corrected chi connectivity index (χ4v) is 4.27. The quantitative estimate of drug-likeness (QED) is 0.787. The summed E-state index contributed by atoms with van der Waals surface area (Å²) in [6.45, 7) is 0. The Morgan fingerprint density at radius 3 is 2.84 bits per heavy atom. The predicted molar refractivity (Wildman–Crippen MR) is 77.6 cm³/mol. The van der Waals surface area contributed by atoms with Crippen molar-refractivity contribution in [3.05, 3.63) is 17.3 Å². The van der Waals surface area contributed by atoms with Gasteiger partial charge in [0.05, 0.1) is 5.00 Å². The second-order valence-corrected chi connectivity index (χ2v) is 6.74. The van der Waals surface area contributed by atoms with Gasteiger partial charge in [0.25, 0.3) is 0 Å². The van der Waals surface area contributed by atoms with Gasteiger partial charge in [-0.05, 0) is 24.3 Å². The third-order valence-electron chi connectivity index (χ3n) is 3.66. The van der Waals surface area contributed by atoms with Crippen LogP contribution in [0.2, 0.25) is 0 Å². The SMILES string of the molecule is Nc1sccc1-c1nn2c(C3CCCC3)nnc2s1. The molecule has 0 radical (unpaired) electrons. The number of hydrogen-bond donors (Lipinski definition) is 1. The van der Waals surface area contributed by atoms with Crippen LogP contribution in [0.4, 0.5) is 5.00 Å². The molecule has 1 aliphatic carbocycles. The minimum absolute atomic E-state index is 0.518. The predicted octanol–water partition coefficient (Wildman–Crippen LogP) is 3.15. The maximum atomic E-state index is 5.96. The molecule has 19 heavy (non-hydrogen) atoms. The Hall–Kier alpha value is -1.47. The van der Waals surface area contributed by atoms with Crippen LogP contribution in [0.3, 0.4) is 0 Å². The van der Waals surface area contributed by atoms with E-state index in [-0.39, 0.29) is 0 Å². The van der Waals surface area contributed by atoms with E-state index in [2.05, 4.69) is 15.3 Å². The highest BCUT2D eigenvalue weighted by Crippen LogP contribution is 2.36. The molecule has 0 aliphatic heterocycles. The summed E-state index contributed by atoms with van der Waals surface area (Å²) in [6, 6.07) is 2.01. The summed E-state index contributed by atoms with van der Waals surface area (Å²) in [4.78, 5) is 0.863. The smallest absolute Gasteiger partial charge is 0.234 e. The van der Waals surface area contributed by atoms with Gasteiger partial charge in [-0.25, -0.2) is 0 Å². The van der Waals surface area contributed by atoms with Gasteiger partial charge in [0.2, 0.25) is 4.96 Å². The summed E-state index contributed by atoms with van der Waals surface area (Å²) in [7, 11) is 0. The number of thiophene rings is 1. The van der Waals surface area contributed by atoms with E-state index in [1.165, 1.54) is 25.7 Å². The van der Waals surface area contributed by atoms with Crippen molar-refractivity contribution in [3.8, 4) is 10.6 Å². The molecule has 0 spiro atoms. The van der Waals surface area contributed by atoms with Crippen molar-refractivity contribution < 1.29 is 0 Å². The molecule has 0 saturated heterocycles. The second kappa shape index (κ2) is 4.28. The fourth-order valence-electron chi connectivity index (χ4n) is 2.68. The van der Waals surface area contributed by atoms with Gasteiger partial charge >= 0.3 is 0 Å². The molecule has 0 aromatic carbocycles. The fraction of sp³-hybridized carbons (Fsp3) is 0.417. The van der Waals surface area contributed by atoms with Crippen molar-refractivity contribution in [1.82, 2.24) is 19.8 Å². The molecule has 1 fully saturated rings. The zero-order chi connectivity index (χ0) is 12.8. The monoisotopic (exact) mass is 291 g/mol. The summed E-state index contributed by atoms with van der Waals surface area (Å²) >= 11 is 3.09. The average molecular weight is 291 g/mol. The number of nitrogens with two attached hydrogens (primary N) is 1. The molecular weight excluding hydrogens is 278 g/mol. The van der Waals surface area contributed by atoms with Crippen LogP contribution < -0.4 is 5.73 Å². The number of aromatic nitrogens is 4. The summed E-state index contributed by atoms with van der Waals surface area (Å²) in [5.74, 6) is 1.54. The number of nitrogens with zero attached hydrogens (tertiary/aromatic N) is 4. The highest BCUT2D eigenvalue weighted by Gasteiger charge is 2.24. The van der Waals surface area contributed by atoms with Crippen LogP contribution in [-0.4, -0.2) is 19.8 Å².